The maximum absolute atomic E-state index is 10.7. The smallest absolute Gasteiger partial charge is 0.326 e. The van der Waals surface area contributed by atoms with E-state index in [0.29, 0.717) is 0 Å². The fourth-order valence-electron chi connectivity index (χ4n) is 0.787. The fraction of sp³-hybridized carbons (Fsp3) is 0.714. The van der Waals surface area contributed by atoms with Gasteiger partial charge in [0.15, 0.2) is 0 Å². The van der Waals surface area contributed by atoms with Crippen LogP contribution in [0.15, 0.2) is 0 Å². The molecule has 13 heavy (non-hydrogen) atoms. The highest BCUT2D eigenvalue weighted by Crippen LogP contribution is 1.96. The molecular weight excluding hydrogens is 194 g/mol. The third-order valence-electron chi connectivity index (χ3n) is 1.37. The predicted octanol–water partition coefficient (Wildman–Crippen LogP) is -0.656. The van der Waals surface area contributed by atoms with Crippen molar-refractivity contribution >= 4 is 23.1 Å². The lowest BCUT2D eigenvalue weighted by molar-refractivity contribution is -0.141. The Morgan fingerprint density at radius 1 is 1.62 bits per heavy atom. The van der Waals surface area contributed by atoms with Crippen molar-refractivity contribution in [1.29, 1.82) is 0 Å². The molecule has 0 saturated carbocycles. The predicted molar refractivity (Wildman–Crippen MR) is 48.8 cm³/mol. The number of rotatable bonds is 5. The molecule has 1 amide bonds. The van der Waals surface area contributed by atoms with Gasteiger partial charge in [-0.25, -0.2) is 4.79 Å². The fourth-order valence-corrected chi connectivity index (χ4v) is 1.35. The quantitative estimate of drug-likeness (QED) is 0.586. The number of carboxylic acids is 1. The number of hydrogen-bond acceptors (Lipinski definition) is 3. The average Bonchev–Trinajstić information content (AvgIpc) is 1.96. The van der Waals surface area contributed by atoms with Gasteiger partial charge in [-0.1, -0.05) is 11.2 Å². The Bertz CT molecular complexity index is 195. The number of amides is 1. The summed E-state index contributed by atoms with van der Waals surface area (Å²) in [5.41, 5.74) is 0. The van der Waals surface area contributed by atoms with Gasteiger partial charge in [0.25, 0.3) is 0 Å². The summed E-state index contributed by atoms with van der Waals surface area (Å²) < 4.78 is 10.7. The minimum atomic E-state index is -1.10. The highest BCUT2D eigenvalue weighted by Gasteiger charge is 2.19. The van der Waals surface area contributed by atoms with Crippen LogP contribution in [0.25, 0.3) is 0 Å². The van der Waals surface area contributed by atoms with Crippen LogP contribution in [0.3, 0.4) is 0 Å². The maximum atomic E-state index is 10.7. The Labute approximate surface area is 79.7 Å². The topological polar surface area (TPSA) is 89.5 Å². The van der Waals surface area contributed by atoms with Crippen LogP contribution in [0.4, 0.5) is 0 Å². The van der Waals surface area contributed by atoms with E-state index in [4.69, 9.17) is 5.11 Å². The van der Waals surface area contributed by atoms with Gasteiger partial charge in [0.1, 0.15) is 11.8 Å². The SMILES string of the molecule is CC(=O)N[C@H](CC[S+](C)[O-])C(=O)O. The standard InChI is InChI=1S/C7H13NO4S/c1-5(9)8-6(7(10)11)3-4-13(2)12/h6H,3-4H2,1-2H3,(H,8,9)(H,10,11)/t6-,13?/m1/s1. The zero-order valence-corrected chi connectivity index (χ0v) is 8.39. The van der Waals surface area contributed by atoms with Crippen molar-refractivity contribution in [2.75, 3.05) is 12.0 Å². The van der Waals surface area contributed by atoms with E-state index in [1.165, 1.54) is 13.2 Å². The summed E-state index contributed by atoms with van der Waals surface area (Å²) in [4.78, 5) is 21.1. The molecule has 0 fully saturated rings. The first kappa shape index (κ1) is 12.2. The normalized spacial score (nSPS) is 14.7. The lowest BCUT2D eigenvalue weighted by Gasteiger charge is -2.13. The zero-order valence-electron chi connectivity index (χ0n) is 7.57. The Balaban J connectivity index is 3.95. The summed E-state index contributed by atoms with van der Waals surface area (Å²) in [7, 11) is 0. The van der Waals surface area contributed by atoms with Crippen LogP contribution in [0.1, 0.15) is 13.3 Å². The van der Waals surface area contributed by atoms with Crippen LogP contribution in [-0.4, -0.2) is 39.6 Å². The largest absolute Gasteiger partial charge is 0.617 e. The molecule has 0 aromatic heterocycles. The van der Waals surface area contributed by atoms with Gasteiger partial charge in [0.2, 0.25) is 5.91 Å². The molecule has 0 aliphatic carbocycles. The molecule has 5 nitrogen and oxygen atoms in total. The summed E-state index contributed by atoms with van der Waals surface area (Å²) in [6.07, 6.45) is 1.69. The van der Waals surface area contributed by atoms with E-state index in [1.807, 2.05) is 0 Å². The average molecular weight is 207 g/mol. The number of carbonyl (C=O) groups excluding carboxylic acids is 1. The van der Waals surface area contributed by atoms with Gasteiger partial charge in [-0.05, 0) is 0 Å². The van der Waals surface area contributed by atoms with Crippen molar-refractivity contribution in [2.45, 2.75) is 19.4 Å². The number of carboxylic acid groups (broad SMARTS) is 1. The second-order valence-corrected chi connectivity index (χ2v) is 4.21. The lowest BCUT2D eigenvalue weighted by Crippen LogP contribution is -2.40. The van der Waals surface area contributed by atoms with Crippen LogP contribution in [-0.2, 0) is 20.8 Å². The van der Waals surface area contributed by atoms with Crippen LogP contribution < -0.4 is 5.32 Å². The van der Waals surface area contributed by atoms with E-state index in [2.05, 4.69) is 5.32 Å². The Morgan fingerprint density at radius 2 is 2.15 bits per heavy atom. The summed E-state index contributed by atoms with van der Waals surface area (Å²) in [5.74, 6) is -1.22. The van der Waals surface area contributed by atoms with Gasteiger partial charge in [-0.2, -0.15) is 0 Å². The number of carbonyl (C=O) groups is 2. The first-order chi connectivity index (χ1) is 5.93. The highest BCUT2D eigenvalue weighted by atomic mass is 32.2. The summed E-state index contributed by atoms with van der Waals surface area (Å²) in [5, 5.41) is 10.9. The van der Waals surface area contributed by atoms with E-state index < -0.39 is 29.1 Å². The molecule has 6 heteroatoms. The number of aliphatic carboxylic acids is 1. The molecule has 0 aliphatic heterocycles. The molecule has 0 spiro atoms. The lowest BCUT2D eigenvalue weighted by atomic mass is 10.2. The van der Waals surface area contributed by atoms with Crippen LogP contribution >= 0.6 is 0 Å². The zero-order chi connectivity index (χ0) is 10.4. The summed E-state index contributed by atoms with van der Waals surface area (Å²) in [6, 6.07) is -0.929. The van der Waals surface area contributed by atoms with Crippen molar-refractivity contribution in [3.05, 3.63) is 0 Å². The molecule has 0 heterocycles. The molecule has 2 N–H and O–H groups in total. The molecule has 0 aromatic carbocycles. The van der Waals surface area contributed by atoms with Crippen LogP contribution in [0.5, 0.6) is 0 Å². The molecule has 76 valence electrons. The first-order valence-electron chi connectivity index (χ1n) is 3.73. The van der Waals surface area contributed by atoms with E-state index >= 15 is 0 Å². The Kier molecular flexibility index (Phi) is 5.48. The second kappa shape index (κ2) is 5.82. The van der Waals surface area contributed by atoms with E-state index in [9.17, 15) is 14.1 Å². The minimum Gasteiger partial charge on any atom is -0.617 e. The van der Waals surface area contributed by atoms with Crippen LogP contribution in [0, 0.1) is 0 Å². The molecule has 0 bridgehead atoms. The molecule has 0 aliphatic rings. The van der Waals surface area contributed by atoms with Crippen molar-refractivity contribution in [2.24, 2.45) is 0 Å². The van der Waals surface area contributed by atoms with Crippen molar-refractivity contribution in [3.8, 4) is 0 Å². The molecular formula is C7H13NO4S. The molecule has 0 radical (unpaired) electrons. The van der Waals surface area contributed by atoms with E-state index in [1.54, 1.807) is 0 Å². The monoisotopic (exact) mass is 207 g/mol. The van der Waals surface area contributed by atoms with Crippen molar-refractivity contribution in [1.82, 2.24) is 5.32 Å². The maximum Gasteiger partial charge on any atom is 0.326 e. The van der Waals surface area contributed by atoms with Gasteiger partial charge in [-0.3, -0.25) is 4.79 Å². The van der Waals surface area contributed by atoms with E-state index in [0.717, 1.165) is 0 Å². The van der Waals surface area contributed by atoms with E-state index in [-0.39, 0.29) is 12.2 Å². The molecule has 1 unspecified atom stereocenters. The number of nitrogens with one attached hydrogen (secondary N) is 1. The van der Waals surface area contributed by atoms with Gasteiger partial charge < -0.3 is 15.0 Å². The third kappa shape index (κ3) is 6.41. The van der Waals surface area contributed by atoms with Gasteiger partial charge in [-0.15, -0.1) is 0 Å². The van der Waals surface area contributed by atoms with Crippen molar-refractivity contribution in [3.63, 3.8) is 0 Å². The third-order valence-corrected chi connectivity index (χ3v) is 2.18. The molecule has 0 rings (SSSR count). The van der Waals surface area contributed by atoms with Crippen molar-refractivity contribution < 1.29 is 19.2 Å². The Morgan fingerprint density at radius 3 is 2.46 bits per heavy atom. The number of hydrogen-bond donors (Lipinski definition) is 2. The molecule has 2 atom stereocenters. The molecule has 0 saturated heterocycles. The summed E-state index contributed by atoms with van der Waals surface area (Å²) >= 11 is -1.03. The second-order valence-electron chi connectivity index (χ2n) is 2.66. The van der Waals surface area contributed by atoms with Gasteiger partial charge in [0, 0.05) is 13.3 Å². The summed E-state index contributed by atoms with van der Waals surface area (Å²) in [6.45, 7) is 1.25. The first-order valence-corrected chi connectivity index (χ1v) is 5.46. The highest BCUT2D eigenvalue weighted by molar-refractivity contribution is 7.90. The van der Waals surface area contributed by atoms with Gasteiger partial charge >= 0.3 is 5.97 Å². The van der Waals surface area contributed by atoms with Crippen LogP contribution in [0.2, 0.25) is 0 Å². The Hall–Kier alpha value is -0.750. The molecule has 0 aromatic rings. The minimum absolute atomic E-state index is 0.192. The van der Waals surface area contributed by atoms with Gasteiger partial charge in [0.05, 0.1) is 6.26 Å².